The van der Waals surface area contributed by atoms with Crippen molar-refractivity contribution in [2.24, 2.45) is 0 Å². The Morgan fingerprint density at radius 2 is 2.19 bits per heavy atom. The van der Waals surface area contributed by atoms with Crippen LogP contribution in [0.15, 0.2) is 41.6 Å². The number of fused-ring (bicyclic) bond motifs is 2. The minimum absolute atomic E-state index is 0.155. The largest absolute Gasteiger partial charge is 0.462 e. The topological polar surface area (TPSA) is 88.2 Å². The number of esters is 1. The highest BCUT2D eigenvalue weighted by molar-refractivity contribution is 5.90. The van der Waals surface area contributed by atoms with Gasteiger partial charge < -0.3 is 14.6 Å². The number of nitrogens with one attached hydrogen (secondary N) is 1. The number of pyridine rings is 1. The highest BCUT2D eigenvalue weighted by Crippen LogP contribution is 2.33. The highest BCUT2D eigenvalue weighted by atomic mass is 16.5. The van der Waals surface area contributed by atoms with Crippen LogP contribution in [-0.2, 0) is 11.2 Å². The average Bonchev–Trinajstić information content (AvgIpc) is 2.67. The molecular weight excluding hydrogens is 332 g/mol. The Morgan fingerprint density at radius 3 is 3.04 bits per heavy atom. The summed E-state index contributed by atoms with van der Waals surface area (Å²) in [6, 6.07) is 7.42. The van der Waals surface area contributed by atoms with Gasteiger partial charge in [-0.3, -0.25) is 4.79 Å². The normalized spacial score (nSPS) is 13.5. The highest BCUT2D eigenvalue weighted by Gasteiger charge is 2.22. The number of aromatic nitrogens is 3. The van der Waals surface area contributed by atoms with Crippen molar-refractivity contribution in [3.05, 3.63) is 58.3 Å². The van der Waals surface area contributed by atoms with Crippen molar-refractivity contribution < 1.29 is 9.53 Å². The van der Waals surface area contributed by atoms with Crippen LogP contribution in [-0.4, -0.2) is 34.1 Å². The summed E-state index contributed by atoms with van der Waals surface area (Å²) in [6.07, 6.45) is 4.76. The fourth-order valence-electron chi connectivity index (χ4n) is 3.27. The summed E-state index contributed by atoms with van der Waals surface area (Å²) in [7, 11) is 0. The molecule has 7 nitrogen and oxygen atoms in total. The number of nitrogens with zero attached hydrogens (tertiary/aromatic N) is 3. The third-order valence-electron chi connectivity index (χ3n) is 4.47. The van der Waals surface area contributed by atoms with Crippen molar-refractivity contribution in [1.82, 2.24) is 15.0 Å². The number of ether oxygens (including phenoxy) is 1. The van der Waals surface area contributed by atoms with E-state index in [1.54, 1.807) is 19.2 Å². The van der Waals surface area contributed by atoms with E-state index in [4.69, 9.17) is 4.74 Å². The van der Waals surface area contributed by atoms with Crippen LogP contribution in [0, 0.1) is 0 Å². The minimum atomic E-state index is -0.353. The van der Waals surface area contributed by atoms with Gasteiger partial charge in [0.1, 0.15) is 5.82 Å². The van der Waals surface area contributed by atoms with Gasteiger partial charge in [-0.05, 0) is 49.6 Å². The van der Waals surface area contributed by atoms with Gasteiger partial charge in [-0.25, -0.2) is 14.8 Å². The molecule has 1 N–H and O–H groups in total. The summed E-state index contributed by atoms with van der Waals surface area (Å²) >= 11 is 0. The van der Waals surface area contributed by atoms with Crippen molar-refractivity contribution in [2.45, 2.75) is 19.8 Å². The SMILES string of the molecule is CCOC(=O)c1cnc2c(c1)CCCN2c1ccc2c(=O)[nH]cnc2c1. The molecule has 0 unspecified atom stereocenters. The van der Waals surface area contributed by atoms with Crippen LogP contribution in [0.5, 0.6) is 0 Å². The van der Waals surface area contributed by atoms with Crippen LogP contribution in [0.2, 0.25) is 0 Å². The number of aryl methyl sites for hydroxylation is 1. The number of hydrogen-bond donors (Lipinski definition) is 1. The van der Waals surface area contributed by atoms with Gasteiger partial charge in [0, 0.05) is 18.4 Å². The van der Waals surface area contributed by atoms with Crippen LogP contribution in [0.3, 0.4) is 0 Å². The fraction of sp³-hybridized carbons (Fsp3) is 0.263. The molecule has 3 aromatic rings. The number of hydrogen-bond acceptors (Lipinski definition) is 6. The van der Waals surface area contributed by atoms with E-state index in [9.17, 15) is 9.59 Å². The van der Waals surface area contributed by atoms with Crippen LogP contribution in [0.25, 0.3) is 10.9 Å². The van der Waals surface area contributed by atoms with Crippen molar-refractivity contribution >= 4 is 28.4 Å². The van der Waals surface area contributed by atoms with E-state index in [1.165, 1.54) is 6.33 Å². The van der Waals surface area contributed by atoms with Crippen LogP contribution < -0.4 is 10.5 Å². The molecule has 7 heteroatoms. The van der Waals surface area contributed by atoms with Crippen molar-refractivity contribution in [3.63, 3.8) is 0 Å². The van der Waals surface area contributed by atoms with E-state index in [0.29, 0.717) is 23.1 Å². The second kappa shape index (κ2) is 6.59. The zero-order valence-electron chi connectivity index (χ0n) is 14.4. The molecular formula is C19H18N4O3. The molecule has 0 bridgehead atoms. The number of rotatable bonds is 3. The molecule has 1 aromatic carbocycles. The van der Waals surface area contributed by atoms with E-state index < -0.39 is 0 Å². The Kier molecular flexibility index (Phi) is 4.12. The monoisotopic (exact) mass is 350 g/mol. The van der Waals surface area contributed by atoms with Gasteiger partial charge in [-0.2, -0.15) is 0 Å². The summed E-state index contributed by atoms with van der Waals surface area (Å²) in [5.74, 6) is 0.475. The molecule has 0 amide bonds. The number of benzene rings is 1. The van der Waals surface area contributed by atoms with Gasteiger partial charge in [0.15, 0.2) is 0 Å². The predicted octanol–water partition coefficient (Wildman–Crippen LogP) is 2.58. The molecule has 0 saturated carbocycles. The predicted molar refractivity (Wildman–Crippen MR) is 97.9 cm³/mol. The number of H-pyrrole nitrogens is 1. The summed E-state index contributed by atoms with van der Waals surface area (Å²) in [6.45, 7) is 2.93. The third-order valence-corrected chi connectivity index (χ3v) is 4.47. The summed E-state index contributed by atoms with van der Waals surface area (Å²) in [5, 5.41) is 0.555. The molecule has 0 saturated heterocycles. The van der Waals surface area contributed by atoms with E-state index >= 15 is 0 Å². The Balaban J connectivity index is 1.74. The standard InChI is InChI=1S/C19H18N4O3/c1-2-26-19(25)13-8-12-4-3-7-23(17(12)20-10-13)14-5-6-15-16(9-14)21-11-22-18(15)24/h5-6,8-11H,2-4,7H2,1H3,(H,21,22,24). The summed E-state index contributed by atoms with van der Waals surface area (Å²) in [5.41, 5.74) is 2.90. The van der Waals surface area contributed by atoms with Crippen LogP contribution in [0.1, 0.15) is 29.3 Å². The van der Waals surface area contributed by atoms with E-state index in [1.807, 2.05) is 18.2 Å². The van der Waals surface area contributed by atoms with Gasteiger partial charge in [0.25, 0.3) is 5.56 Å². The zero-order chi connectivity index (χ0) is 18.1. The smallest absolute Gasteiger partial charge is 0.339 e. The molecule has 3 heterocycles. The lowest BCUT2D eigenvalue weighted by Gasteiger charge is -2.30. The van der Waals surface area contributed by atoms with Gasteiger partial charge in [-0.15, -0.1) is 0 Å². The number of carbonyl (C=O) groups is 1. The lowest BCUT2D eigenvalue weighted by Crippen LogP contribution is -2.26. The number of anilines is 2. The summed E-state index contributed by atoms with van der Waals surface area (Å²) < 4.78 is 5.06. The molecule has 0 radical (unpaired) electrons. The van der Waals surface area contributed by atoms with E-state index in [2.05, 4.69) is 19.9 Å². The van der Waals surface area contributed by atoms with E-state index in [0.717, 1.165) is 36.5 Å². The first-order valence-corrected chi connectivity index (χ1v) is 8.58. The Labute approximate surface area is 149 Å². The maximum atomic E-state index is 11.9. The molecule has 1 aliphatic heterocycles. The molecule has 0 aliphatic carbocycles. The lowest BCUT2D eigenvalue weighted by molar-refractivity contribution is 0.0525. The molecule has 1 aliphatic rings. The quantitative estimate of drug-likeness (QED) is 0.731. The lowest BCUT2D eigenvalue weighted by atomic mass is 10.0. The molecule has 4 rings (SSSR count). The van der Waals surface area contributed by atoms with Gasteiger partial charge >= 0.3 is 5.97 Å². The first-order chi connectivity index (χ1) is 12.7. The first kappa shape index (κ1) is 16.3. The fourth-order valence-corrected chi connectivity index (χ4v) is 3.27. The van der Waals surface area contributed by atoms with Crippen LogP contribution in [0.4, 0.5) is 11.5 Å². The van der Waals surface area contributed by atoms with Gasteiger partial charge in [-0.1, -0.05) is 0 Å². The molecule has 26 heavy (non-hydrogen) atoms. The number of carbonyl (C=O) groups excluding carboxylic acids is 1. The molecule has 0 spiro atoms. The first-order valence-electron chi connectivity index (χ1n) is 8.58. The van der Waals surface area contributed by atoms with Gasteiger partial charge in [0.05, 0.1) is 29.4 Å². The molecule has 0 fully saturated rings. The molecule has 2 aromatic heterocycles. The zero-order valence-corrected chi connectivity index (χ0v) is 14.4. The third kappa shape index (κ3) is 2.81. The maximum Gasteiger partial charge on any atom is 0.339 e. The summed E-state index contributed by atoms with van der Waals surface area (Å²) in [4.78, 5) is 37.2. The van der Waals surface area contributed by atoms with Crippen molar-refractivity contribution in [3.8, 4) is 0 Å². The number of aromatic amines is 1. The second-order valence-electron chi connectivity index (χ2n) is 6.12. The van der Waals surface area contributed by atoms with Crippen molar-refractivity contribution in [2.75, 3.05) is 18.1 Å². The van der Waals surface area contributed by atoms with Crippen molar-refractivity contribution in [1.29, 1.82) is 0 Å². The Morgan fingerprint density at radius 1 is 1.31 bits per heavy atom. The molecule has 132 valence electrons. The minimum Gasteiger partial charge on any atom is -0.462 e. The van der Waals surface area contributed by atoms with E-state index in [-0.39, 0.29) is 11.5 Å². The molecule has 0 atom stereocenters. The Hall–Kier alpha value is -3.22. The van der Waals surface area contributed by atoms with Crippen LogP contribution >= 0.6 is 0 Å². The maximum absolute atomic E-state index is 11.9. The second-order valence-corrected chi connectivity index (χ2v) is 6.12. The average molecular weight is 350 g/mol. The van der Waals surface area contributed by atoms with Gasteiger partial charge in [0.2, 0.25) is 0 Å². The Bertz CT molecular complexity index is 1040.